The van der Waals surface area contributed by atoms with Gasteiger partial charge in [0.2, 0.25) is 0 Å². The van der Waals surface area contributed by atoms with Crippen molar-refractivity contribution < 1.29 is 0 Å². The van der Waals surface area contributed by atoms with E-state index in [1.165, 1.54) is 18.4 Å². The number of pyridine rings is 1. The third-order valence-corrected chi connectivity index (χ3v) is 2.55. The van der Waals surface area contributed by atoms with Crippen molar-refractivity contribution in [2.75, 3.05) is 0 Å². The van der Waals surface area contributed by atoms with Gasteiger partial charge in [0.25, 0.3) is 0 Å². The van der Waals surface area contributed by atoms with Crippen LogP contribution in [0.15, 0.2) is 12.1 Å². The Balaban J connectivity index is 2.81. The third-order valence-electron chi connectivity index (χ3n) is 2.55. The molecule has 0 saturated heterocycles. The number of hydrazine groups is 1. The van der Waals surface area contributed by atoms with Gasteiger partial charge in [-0.3, -0.25) is 16.3 Å². The first kappa shape index (κ1) is 12.1. The van der Waals surface area contributed by atoms with Crippen molar-refractivity contribution in [2.45, 2.75) is 46.1 Å². The fourth-order valence-corrected chi connectivity index (χ4v) is 1.82. The number of aryl methyl sites for hydroxylation is 2. The Morgan fingerprint density at radius 3 is 2.40 bits per heavy atom. The number of hydrogen-bond acceptors (Lipinski definition) is 3. The molecule has 0 fully saturated rings. The maximum Gasteiger partial charge on any atom is 0.0461 e. The molecule has 1 aromatic heterocycles. The number of nitrogens with two attached hydrogens (primary N) is 1. The molecule has 1 heterocycles. The maximum atomic E-state index is 5.58. The average molecular weight is 207 g/mol. The molecule has 0 spiro atoms. The number of nitrogens with zero attached hydrogens (tertiary/aromatic N) is 1. The molecule has 3 heteroatoms. The van der Waals surface area contributed by atoms with Gasteiger partial charge >= 0.3 is 0 Å². The second-order valence-corrected chi connectivity index (χ2v) is 4.04. The predicted octanol–water partition coefficient (Wildman–Crippen LogP) is 2.39. The molecule has 0 aromatic carbocycles. The van der Waals surface area contributed by atoms with E-state index >= 15 is 0 Å². The molecule has 1 atom stereocenters. The van der Waals surface area contributed by atoms with Crippen LogP contribution in [0.4, 0.5) is 0 Å². The average Bonchev–Trinajstić information content (AvgIpc) is 2.17. The Hall–Kier alpha value is -0.930. The Labute approximate surface area is 92.1 Å². The Morgan fingerprint density at radius 2 is 1.93 bits per heavy atom. The van der Waals surface area contributed by atoms with E-state index in [9.17, 15) is 0 Å². The van der Waals surface area contributed by atoms with Crippen molar-refractivity contribution in [1.82, 2.24) is 10.4 Å². The number of nitrogens with one attached hydrogen (secondary N) is 1. The number of rotatable bonds is 5. The predicted molar refractivity (Wildman–Crippen MR) is 63.3 cm³/mol. The summed E-state index contributed by atoms with van der Waals surface area (Å²) in [6, 6.07) is 4.46. The fourth-order valence-electron chi connectivity index (χ4n) is 1.82. The van der Waals surface area contributed by atoms with Crippen LogP contribution < -0.4 is 11.3 Å². The largest absolute Gasteiger partial charge is 0.271 e. The van der Waals surface area contributed by atoms with Gasteiger partial charge in [0, 0.05) is 17.4 Å². The summed E-state index contributed by atoms with van der Waals surface area (Å²) in [6.45, 7) is 6.23. The zero-order valence-electron chi connectivity index (χ0n) is 9.88. The van der Waals surface area contributed by atoms with Crippen molar-refractivity contribution in [2.24, 2.45) is 5.84 Å². The van der Waals surface area contributed by atoms with E-state index in [-0.39, 0.29) is 6.04 Å². The first-order valence-corrected chi connectivity index (χ1v) is 5.58. The van der Waals surface area contributed by atoms with E-state index in [1.807, 2.05) is 13.8 Å². The Morgan fingerprint density at radius 1 is 1.33 bits per heavy atom. The van der Waals surface area contributed by atoms with Crippen LogP contribution in [0.5, 0.6) is 0 Å². The molecule has 0 saturated carbocycles. The first-order valence-electron chi connectivity index (χ1n) is 5.58. The molecule has 15 heavy (non-hydrogen) atoms. The SMILES string of the molecule is CCCCC(NN)c1cc(C)nc(C)c1. The number of aromatic nitrogens is 1. The van der Waals surface area contributed by atoms with Crippen molar-refractivity contribution in [3.63, 3.8) is 0 Å². The van der Waals surface area contributed by atoms with Crippen molar-refractivity contribution in [3.05, 3.63) is 29.1 Å². The molecule has 0 aliphatic rings. The second kappa shape index (κ2) is 5.83. The minimum Gasteiger partial charge on any atom is -0.271 e. The molecule has 0 radical (unpaired) electrons. The summed E-state index contributed by atoms with van der Waals surface area (Å²) in [5, 5.41) is 0. The van der Waals surface area contributed by atoms with Gasteiger partial charge in [-0.05, 0) is 38.0 Å². The lowest BCUT2D eigenvalue weighted by Gasteiger charge is -2.16. The highest BCUT2D eigenvalue weighted by atomic mass is 15.2. The normalized spacial score (nSPS) is 12.8. The highest BCUT2D eigenvalue weighted by Gasteiger charge is 2.09. The van der Waals surface area contributed by atoms with Crippen LogP contribution in [0.2, 0.25) is 0 Å². The zero-order chi connectivity index (χ0) is 11.3. The Kier molecular flexibility index (Phi) is 4.72. The van der Waals surface area contributed by atoms with Gasteiger partial charge in [0.15, 0.2) is 0 Å². The molecule has 0 bridgehead atoms. The molecule has 0 aliphatic carbocycles. The molecular weight excluding hydrogens is 186 g/mol. The third kappa shape index (κ3) is 3.61. The van der Waals surface area contributed by atoms with Crippen LogP contribution in [0.25, 0.3) is 0 Å². The maximum absolute atomic E-state index is 5.58. The van der Waals surface area contributed by atoms with E-state index in [1.54, 1.807) is 0 Å². The molecule has 84 valence electrons. The topological polar surface area (TPSA) is 50.9 Å². The van der Waals surface area contributed by atoms with E-state index in [0.717, 1.165) is 17.8 Å². The summed E-state index contributed by atoms with van der Waals surface area (Å²) >= 11 is 0. The van der Waals surface area contributed by atoms with Crippen LogP contribution in [-0.2, 0) is 0 Å². The lowest BCUT2D eigenvalue weighted by molar-refractivity contribution is 0.494. The summed E-state index contributed by atoms with van der Waals surface area (Å²) in [5.74, 6) is 5.58. The minimum atomic E-state index is 0.255. The second-order valence-electron chi connectivity index (χ2n) is 4.04. The summed E-state index contributed by atoms with van der Waals surface area (Å²) in [5.41, 5.74) is 6.24. The van der Waals surface area contributed by atoms with E-state index in [2.05, 4.69) is 29.5 Å². The Bertz CT molecular complexity index is 289. The summed E-state index contributed by atoms with van der Waals surface area (Å²) in [7, 11) is 0. The molecule has 3 N–H and O–H groups in total. The standard InChI is InChI=1S/C12H21N3/c1-4-5-6-12(15-13)11-7-9(2)14-10(3)8-11/h7-8,12,15H,4-6,13H2,1-3H3. The van der Waals surface area contributed by atoms with Crippen LogP contribution in [0.3, 0.4) is 0 Å². The quantitative estimate of drug-likeness (QED) is 0.576. The summed E-state index contributed by atoms with van der Waals surface area (Å²) < 4.78 is 0. The monoisotopic (exact) mass is 207 g/mol. The number of unbranched alkanes of at least 4 members (excludes halogenated alkanes) is 1. The van der Waals surface area contributed by atoms with Crippen molar-refractivity contribution >= 4 is 0 Å². The van der Waals surface area contributed by atoms with Gasteiger partial charge in [0.05, 0.1) is 0 Å². The van der Waals surface area contributed by atoms with E-state index < -0.39 is 0 Å². The summed E-state index contributed by atoms with van der Waals surface area (Å²) in [6.07, 6.45) is 3.46. The van der Waals surface area contributed by atoms with Gasteiger partial charge in [-0.2, -0.15) is 0 Å². The van der Waals surface area contributed by atoms with Gasteiger partial charge < -0.3 is 0 Å². The van der Waals surface area contributed by atoms with Crippen LogP contribution >= 0.6 is 0 Å². The first-order chi connectivity index (χ1) is 7.17. The lowest BCUT2D eigenvalue weighted by Crippen LogP contribution is -2.28. The molecule has 3 nitrogen and oxygen atoms in total. The van der Waals surface area contributed by atoms with Crippen molar-refractivity contribution in [1.29, 1.82) is 0 Å². The van der Waals surface area contributed by atoms with E-state index in [0.29, 0.717) is 0 Å². The summed E-state index contributed by atoms with van der Waals surface area (Å²) in [4.78, 5) is 4.36. The lowest BCUT2D eigenvalue weighted by atomic mass is 10.0. The van der Waals surface area contributed by atoms with Gasteiger partial charge in [0.1, 0.15) is 0 Å². The van der Waals surface area contributed by atoms with Crippen LogP contribution in [-0.4, -0.2) is 4.98 Å². The molecule has 1 aromatic rings. The van der Waals surface area contributed by atoms with E-state index in [4.69, 9.17) is 5.84 Å². The van der Waals surface area contributed by atoms with Crippen molar-refractivity contribution in [3.8, 4) is 0 Å². The smallest absolute Gasteiger partial charge is 0.0461 e. The van der Waals surface area contributed by atoms with Gasteiger partial charge in [-0.1, -0.05) is 19.8 Å². The minimum absolute atomic E-state index is 0.255. The highest BCUT2D eigenvalue weighted by Crippen LogP contribution is 2.19. The van der Waals surface area contributed by atoms with Gasteiger partial charge in [-0.25, -0.2) is 0 Å². The number of hydrogen-bond donors (Lipinski definition) is 2. The fraction of sp³-hybridized carbons (Fsp3) is 0.583. The molecular formula is C12H21N3. The zero-order valence-corrected chi connectivity index (χ0v) is 9.88. The van der Waals surface area contributed by atoms with Crippen LogP contribution in [0.1, 0.15) is 49.2 Å². The molecule has 1 unspecified atom stereocenters. The molecule has 0 aliphatic heterocycles. The van der Waals surface area contributed by atoms with Gasteiger partial charge in [-0.15, -0.1) is 0 Å². The molecule has 1 rings (SSSR count). The highest BCUT2D eigenvalue weighted by molar-refractivity contribution is 5.23. The van der Waals surface area contributed by atoms with Crippen LogP contribution in [0, 0.1) is 13.8 Å². The molecule has 0 amide bonds.